The molecule has 3 nitrogen and oxygen atoms in total. The molecule has 2 aromatic carbocycles. The predicted molar refractivity (Wildman–Crippen MR) is 121 cm³/mol. The molecule has 1 heterocycles. The van der Waals surface area contributed by atoms with Crippen molar-refractivity contribution in [2.24, 2.45) is 0 Å². The van der Waals surface area contributed by atoms with E-state index in [2.05, 4.69) is 47.9 Å². The highest BCUT2D eigenvalue weighted by Crippen LogP contribution is 2.32. The zero-order chi connectivity index (χ0) is 19.6. The minimum atomic E-state index is 0.626. The Kier molecular flexibility index (Phi) is 7.68. The summed E-state index contributed by atoms with van der Waals surface area (Å²) < 4.78 is 6.24. The van der Waals surface area contributed by atoms with E-state index in [0.29, 0.717) is 11.7 Å². The minimum Gasteiger partial charge on any atom is -0.456 e. The van der Waals surface area contributed by atoms with Crippen molar-refractivity contribution in [3.63, 3.8) is 0 Å². The van der Waals surface area contributed by atoms with E-state index in [0.717, 1.165) is 41.2 Å². The van der Waals surface area contributed by atoms with Gasteiger partial charge >= 0.3 is 0 Å². The summed E-state index contributed by atoms with van der Waals surface area (Å²) in [7, 11) is 0. The number of unbranched alkanes of at least 4 members (excludes halogenated alkanes) is 3. The van der Waals surface area contributed by atoms with Gasteiger partial charge in [0, 0.05) is 29.8 Å². The van der Waals surface area contributed by atoms with Crippen LogP contribution < -0.4 is 10.6 Å². The lowest BCUT2D eigenvalue weighted by Gasteiger charge is -2.10. The number of nitrogens with one attached hydrogen (secondary N) is 2. The second-order valence-corrected chi connectivity index (χ2v) is 7.28. The summed E-state index contributed by atoms with van der Waals surface area (Å²) in [6.07, 6.45) is 4.91. The summed E-state index contributed by atoms with van der Waals surface area (Å²) in [4.78, 5) is 0. The Morgan fingerprint density at radius 1 is 0.857 bits per heavy atom. The fourth-order valence-electron chi connectivity index (χ4n) is 3.13. The van der Waals surface area contributed by atoms with Gasteiger partial charge in [-0.05, 0) is 24.7 Å². The molecular formula is C24H28N2OS. The van der Waals surface area contributed by atoms with E-state index in [9.17, 15) is 0 Å². The number of furan rings is 1. The molecule has 4 heteroatoms. The molecule has 146 valence electrons. The Hall–Kier alpha value is -2.59. The molecule has 3 rings (SSSR count). The first-order valence-electron chi connectivity index (χ1n) is 10.0. The van der Waals surface area contributed by atoms with Crippen LogP contribution in [0.2, 0.25) is 0 Å². The van der Waals surface area contributed by atoms with E-state index in [1.165, 1.54) is 19.3 Å². The Labute approximate surface area is 173 Å². The number of benzene rings is 2. The second kappa shape index (κ2) is 10.7. The molecule has 0 aliphatic heterocycles. The number of hydrogen-bond acceptors (Lipinski definition) is 2. The Bertz CT molecular complexity index is 859. The molecule has 0 spiro atoms. The molecule has 0 bridgehead atoms. The minimum absolute atomic E-state index is 0.626. The van der Waals surface area contributed by atoms with Gasteiger partial charge in [0.2, 0.25) is 0 Å². The van der Waals surface area contributed by atoms with Crippen molar-refractivity contribution in [3.05, 3.63) is 72.3 Å². The van der Waals surface area contributed by atoms with Gasteiger partial charge in [-0.3, -0.25) is 0 Å². The normalized spacial score (nSPS) is 10.6. The standard InChI is InChI=1S/C24H28N2OS/c1-2-3-4-11-16-25-24(28)26-18-21-17-22(19-12-7-5-8-13-19)27-23(21)20-14-9-6-10-15-20/h5-10,12-15,17H,2-4,11,16,18H2,1H3,(H2,25,26,28). The average Bonchev–Trinajstić information content (AvgIpc) is 3.18. The number of hydrogen-bond donors (Lipinski definition) is 2. The van der Waals surface area contributed by atoms with Crippen LogP contribution in [-0.4, -0.2) is 11.7 Å². The zero-order valence-corrected chi connectivity index (χ0v) is 17.2. The van der Waals surface area contributed by atoms with Crippen LogP contribution in [0.3, 0.4) is 0 Å². The van der Waals surface area contributed by atoms with Gasteiger partial charge in [0.05, 0.1) is 0 Å². The molecule has 2 N–H and O–H groups in total. The average molecular weight is 393 g/mol. The van der Waals surface area contributed by atoms with Crippen LogP contribution >= 0.6 is 12.2 Å². The van der Waals surface area contributed by atoms with Gasteiger partial charge in [-0.15, -0.1) is 0 Å². The smallest absolute Gasteiger partial charge is 0.166 e. The van der Waals surface area contributed by atoms with Gasteiger partial charge in [-0.1, -0.05) is 86.8 Å². The quantitative estimate of drug-likeness (QED) is 0.338. The molecule has 0 aliphatic carbocycles. The van der Waals surface area contributed by atoms with Crippen molar-refractivity contribution in [1.82, 2.24) is 10.6 Å². The first-order chi connectivity index (χ1) is 13.8. The summed E-state index contributed by atoms with van der Waals surface area (Å²) in [6, 6.07) is 22.5. The van der Waals surface area contributed by atoms with Crippen LogP contribution in [0.25, 0.3) is 22.6 Å². The lowest BCUT2D eigenvalue weighted by atomic mass is 10.1. The van der Waals surface area contributed by atoms with Crippen molar-refractivity contribution in [2.45, 2.75) is 39.2 Å². The lowest BCUT2D eigenvalue weighted by molar-refractivity contribution is 0.593. The van der Waals surface area contributed by atoms with Gasteiger partial charge in [0.15, 0.2) is 5.11 Å². The van der Waals surface area contributed by atoms with E-state index < -0.39 is 0 Å². The van der Waals surface area contributed by atoms with Crippen molar-refractivity contribution in [3.8, 4) is 22.6 Å². The van der Waals surface area contributed by atoms with Crippen LogP contribution in [0.15, 0.2) is 71.1 Å². The summed E-state index contributed by atoms with van der Waals surface area (Å²) in [5, 5.41) is 7.32. The van der Waals surface area contributed by atoms with Crippen LogP contribution in [0, 0.1) is 0 Å². The van der Waals surface area contributed by atoms with Gasteiger partial charge < -0.3 is 15.1 Å². The third-order valence-electron chi connectivity index (χ3n) is 4.66. The number of rotatable bonds is 9. The monoisotopic (exact) mass is 392 g/mol. The number of thiocarbonyl (C=S) groups is 1. The third-order valence-corrected chi connectivity index (χ3v) is 4.95. The molecule has 0 amide bonds. The Morgan fingerprint density at radius 2 is 1.54 bits per heavy atom. The maximum Gasteiger partial charge on any atom is 0.166 e. The van der Waals surface area contributed by atoms with Crippen LogP contribution in [0.1, 0.15) is 38.2 Å². The fourth-order valence-corrected chi connectivity index (χ4v) is 3.30. The molecule has 0 radical (unpaired) electrons. The maximum absolute atomic E-state index is 6.24. The van der Waals surface area contributed by atoms with Crippen LogP contribution in [0.4, 0.5) is 0 Å². The van der Waals surface area contributed by atoms with Gasteiger partial charge in [0.1, 0.15) is 11.5 Å². The van der Waals surface area contributed by atoms with Gasteiger partial charge in [0.25, 0.3) is 0 Å². The first kappa shape index (κ1) is 20.2. The Balaban J connectivity index is 1.69. The third kappa shape index (κ3) is 5.70. The van der Waals surface area contributed by atoms with Crippen molar-refractivity contribution >= 4 is 17.3 Å². The summed E-state index contributed by atoms with van der Waals surface area (Å²) in [5.41, 5.74) is 3.24. The highest BCUT2D eigenvalue weighted by molar-refractivity contribution is 7.80. The first-order valence-corrected chi connectivity index (χ1v) is 10.4. The summed E-state index contributed by atoms with van der Waals surface area (Å²) in [5.74, 6) is 1.76. The molecule has 3 aromatic rings. The molecule has 0 atom stereocenters. The summed E-state index contributed by atoms with van der Waals surface area (Å²) >= 11 is 5.44. The van der Waals surface area contributed by atoms with Gasteiger partial charge in [-0.2, -0.15) is 0 Å². The lowest BCUT2D eigenvalue weighted by Crippen LogP contribution is -2.35. The fraction of sp³-hybridized carbons (Fsp3) is 0.292. The Morgan fingerprint density at radius 3 is 2.21 bits per heavy atom. The molecule has 1 aromatic heterocycles. The molecule has 0 fully saturated rings. The van der Waals surface area contributed by atoms with Crippen molar-refractivity contribution < 1.29 is 4.42 Å². The van der Waals surface area contributed by atoms with Crippen LogP contribution in [0.5, 0.6) is 0 Å². The largest absolute Gasteiger partial charge is 0.456 e. The van der Waals surface area contributed by atoms with Crippen molar-refractivity contribution in [1.29, 1.82) is 0 Å². The highest BCUT2D eigenvalue weighted by Gasteiger charge is 2.14. The molecular weight excluding hydrogens is 364 g/mol. The van der Waals surface area contributed by atoms with Crippen LogP contribution in [-0.2, 0) is 6.54 Å². The highest BCUT2D eigenvalue weighted by atomic mass is 32.1. The van der Waals surface area contributed by atoms with E-state index in [1.54, 1.807) is 0 Å². The SMILES string of the molecule is CCCCCCNC(=S)NCc1cc(-c2ccccc2)oc1-c1ccccc1. The van der Waals surface area contributed by atoms with E-state index >= 15 is 0 Å². The molecule has 0 unspecified atom stereocenters. The molecule has 28 heavy (non-hydrogen) atoms. The topological polar surface area (TPSA) is 37.2 Å². The molecule has 0 saturated carbocycles. The van der Waals surface area contributed by atoms with Gasteiger partial charge in [-0.25, -0.2) is 0 Å². The van der Waals surface area contributed by atoms with E-state index in [1.807, 2.05) is 36.4 Å². The molecule has 0 saturated heterocycles. The zero-order valence-electron chi connectivity index (χ0n) is 16.4. The van der Waals surface area contributed by atoms with Crippen molar-refractivity contribution in [2.75, 3.05) is 6.54 Å². The summed E-state index contributed by atoms with van der Waals surface area (Å²) in [6.45, 7) is 3.76. The maximum atomic E-state index is 6.24. The van der Waals surface area contributed by atoms with E-state index in [4.69, 9.17) is 16.6 Å². The van der Waals surface area contributed by atoms with E-state index in [-0.39, 0.29) is 0 Å². The second-order valence-electron chi connectivity index (χ2n) is 6.87. The molecule has 0 aliphatic rings. The predicted octanol–water partition coefficient (Wildman–Crippen LogP) is 6.16.